The van der Waals surface area contributed by atoms with Crippen LogP contribution in [0.1, 0.15) is 18.5 Å². The molecule has 0 aliphatic rings. The van der Waals surface area contributed by atoms with Crippen LogP contribution in [-0.4, -0.2) is 7.11 Å². The van der Waals surface area contributed by atoms with Crippen LogP contribution in [-0.2, 0) is 0 Å². The molecule has 2 aromatic rings. The maximum Gasteiger partial charge on any atom is 0.146 e. The van der Waals surface area contributed by atoms with E-state index in [2.05, 4.69) is 5.32 Å². The van der Waals surface area contributed by atoms with Gasteiger partial charge in [-0.2, -0.15) is 0 Å². The molecule has 2 rings (SSSR count). The zero-order chi connectivity index (χ0) is 13.0. The quantitative estimate of drug-likeness (QED) is 0.878. The van der Waals surface area contributed by atoms with Crippen LogP contribution in [0.15, 0.2) is 48.5 Å². The van der Waals surface area contributed by atoms with Crippen LogP contribution in [0.3, 0.4) is 0 Å². The lowest BCUT2D eigenvalue weighted by molar-refractivity contribution is 0.414. The summed E-state index contributed by atoms with van der Waals surface area (Å²) in [5.74, 6) is 0.578. The highest BCUT2D eigenvalue weighted by atomic mass is 19.1. The second kappa shape index (κ2) is 5.54. The van der Waals surface area contributed by atoms with Gasteiger partial charge >= 0.3 is 0 Å². The molecule has 0 spiro atoms. The molecular weight excluding hydrogens is 229 g/mol. The standard InChI is InChI=1S/C15H16FNO/c1-11(12-7-9-13(18-2)10-8-12)17-15-6-4-3-5-14(15)16/h3-11,17H,1-2H3. The fraction of sp³-hybridized carbons (Fsp3) is 0.200. The Morgan fingerprint density at radius 3 is 2.33 bits per heavy atom. The fourth-order valence-electron chi connectivity index (χ4n) is 1.79. The van der Waals surface area contributed by atoms with Gasteiger partial charge in [0.1, 0.15) is 11.6 Å². The summed E-state index contributed by atoms with van der Waals surface area (Å²) >= 11 is 0. The predicted octanol–water partition coefficient (Wildman–Crippen LogP) is 4.01. The van der Waals surface area contributed by atoms with Gasteiger partial charge in [-0.25, -0.2) is 4.39 Å². The molecule has 0 amide bonds. The summed E-state index contributed by atoms with van der Waals surface area (Å²) in [6.45, 7) is 1.99. The van der Waals surface area contributed by atoms with E-state index in [1.807, 2.05) is 37.3 Å². The van der Waals surface area contributed by atoms with Gasteiger partial charge in [-0.15, -0.1) is 0 Å². The summed E-state index contributed by atoms with van der Waals surface area (Å²) in [5.41, 5.74) is 1.60. The molecule has 0 saturated heterocycles. The van der Waals surface area contributed by atoms with E-state index in [0.717, 1.165) is 11.3 Å². The zero-order valence-corrected chi connectivity index (χ0v) is 10.5. The molecule has 0 aromatic heterocycles. The van der Waals surface area contributed by atoms with Gasteiger partial charge in [-0.1, -0.05) is 24.3 Å². The summed E-state index contributed by atoms with van der Waals surface area (Å²) < 4.78 is 18.6. The highest BCUT2D eigenvalue weighted by molar-refractivity contribution is 5.46. The van der Waals surface area contributed by atoms with E-state index in [1.165, 1.54) is 6.07 Å². The van der Waals surface area contributed by atoms with Gasteiger partial charge in [0.2, 0.25) is 0 Å². The highest BCUT2D eigenvalue weighted by Crippen LogP contribution is 2.22. The molecule has 0 fully saturated rings. The Kier molecular flexibility index (Phi) is 3.82. The first-order valence-corrected chi connectivity index (χ1v) is 5.85. The average molecular weight is 245 g/mol. The van der Waals surface area contributed by atoms with Gasteiger partial charge in [0, 0.05) is 6.04 Å². The van der Waals surface area contributed by atoms with Crippen LogP contribution >= 0.6 is 0 Å². The Morgan fingerprint density at radius 2 is 1.72 bits per heavy atom. The lowest BCUT2D eigenvalue weighted by atomic mass is 10.1. The van der Waals surface area contributed by atoms with Crippen molar-refractivity contribution in [3.8, 4) is 5.75 Å². The number of benzene rings is 2. The number of hydrogen-bond acceptors (Lipinski definition) is 2. The highest BCUT2D eigenvalue weighted by Gasteiger charge is 2.07. The number of ether oxygens (including phenoxy) is 1. The van der Waals surface area contributed by atoms with E-state index in [0.29, 0.717) is 5.69 Å². The van der Waals surface area contributed by atoms with E-state index >= 15 is 0 Å². The first-order chi connectivity index (χ1) is 8.70. The van der Waals surface area contributed by atoms with Crippen molar-refractivity contribution in [3.05, 3.63) is 59.9 Å². The van der Waals surface area contributed by atoms with Crippen molar-refractivity contribution in [2.75, 3.05) is 12.4 Å². The monoisotopic (exact) mass is 245 g/mol. The van der Waals surface area contributed by atoms with E-state index < -0.39 is 0 Å². The van der Waals surface area contributed by atoms with Crippen LogP contribution in [0.2, 0.25) is 0 Å². The maximum atomic E-state index is 13.5. The number of rotatable bonds is 4. The first-order valence-electron chi connectivity index (χ1n) is 5.85. The van der Waals surface area contributed by atoms with Crippen molar-refractivity contribution in [2.24, 2.45) is 0 Å². The van der Waals surface area contributed by atoms with Crippen LogP contribution in [0, 0.1) is 5.82 Å². The fourth-order valence-corrected chi connectivity index (χ4v) is 1.79. The Hall–Kier alpha value is -2.03. The normalized spacial score (nSPS) is 11.9. The van der Waals surface area contributed by atoms with E-state index in [-0.39, 0.29) is 11.9 Å². The van der Waals surface area contributed by atoms with Crippen molar-refractivity contribution >= 4 is 5.69 Å². The molecule has 3 heteroatoms. The number of nitrogens with one attached hydrogen (secondary N) is 1. The van der Waals surface area contributed by atoms with Crippen molar-refractivity contribution in [1.29, 1.82) is 0 Å². The van der Waals surface area contributed by atoms with Crippen molar-refractivity contribution in [3.63, 3.8) is 0 Å². The third-order valence-electron chi connectivity index (χ3n) is 2.86. The summed E-state index contributed by atoms with van der Waals surface area (Å²) in [6.07, 6.45) is 0. The van der Waals surface area contributed by atoms with Gasteiger partial charge < -0.3 is 10.1 Å². The number of halogens is 1. The third kappa shape index (κ3) is 2.80. The van der Waals surface area contributed by atoms with Crippen LogP contribution in [0.4, 0.5) is 10.1 Å². The number of anilines is 1. The molecule has 0 aliphatic carbocycles. The van der Waals surface area contributed by atoms with E-state index in [1.54, 1.807) is 19.2 Å². The number of para-hydroxylation sites is 1. The third-order valence-corrected chi connectivity index (χ3v) is 2.86. The SMILES string of the molecule is COc1ccc(C(C)Nc2ccccc2F)cc1. The molecule has 2 aromatic carbocycles. The topological polar surface area (TPSA) is 21.3 Å². The molecule has 0 radical (unpaired) electrons. The van der Waals surface area contributed by atoms with Crippen molar-refractivity contribution < 1.29 is 9.13 Å². The summed E-state index contributed by atoms with van der Waals surface area (Å²) in [4.78, 5) is 0. The first kappa shape index (κ1) is 12.4. The summed E-state index contributed by atoms with van der Waals surface area (Å²) in [6, 6.07) is 14.4. The molecule has 18 heavy (non-hydrogen) atoms. The van der Waals surface area contributed by atoms with Crippen LogP contribution in [0.5, 0.6) is 5.75 Å². The van der Waals surface area contributed by atoms with Gasteiger partial charge in [0.05, 0.1) is 12.8 Å². The molecule has 1 N–H and O–H groups in total. The number of hydrogen-bond donors (Lipinski definition) is 1. The lowest BCUT2D eigenvalue weighted by Crippen LogP contribution is -2.07. The van der Waals surface area contributed by atoms with Crippen molar-refractivity contribution in [2.45, 2.75) is 13.0 Å². The van der Waals surface area contributed by atoms with E-state index in [4.69, 9.17) is 4.74 Å². The second-order valence-electron chi connectivity index (χ2n) is 4.12. The Morgan fingerprint density at radius 1 is 1.06 bits per heavy atom. The zero-order valence-electron chi connectivity index (χ0n) is 10.5. The minimum Gasteiger partial charge on any atom is -0.497 e. The Balaban J connectivity index is 2.11. The summed E-state index contributed by atoms with van der Waals surface area (Å²) in [5, 5.41) is 3.15. The molecule has 0 aliphatic heterocycles. The predicted molar refractivity (Wildman–Crippen MR) is 71.4 cm³/mol. The van der Waals surface area contributed by atoms with Crippen LogP contribution in [0.25, 0.3) is 0 Å². The van der Waals surface area contributed by atoms with Gasteiger partial charge in [-0.3, -0.25) is 0 Å². The Labute approximate surface area is 106 Å². The minimum atomic E-state index is -0.238. The Bertz CT molecular complexity index is 510. The lowest BCUT2D eigenvalue weighted by Gasteiger charge is -2.16. The molecule has 0 heterocycles. The van der Waals surface area contributed by atoms with Gasteiger partial charge in [0.25, 0.3) is 0 Å². The van der Waals surface area contributed by atoms with E-state index in [9.17, 15) is 4.39 Å². The maximum absolute atomic E-state index is 13.5. The molecular formula is C15H16FNO. The molecule has 0 bridgehead atoms. The molecule has 0 saturated carbocycles. The summed E-state index contributed by atoms with van der Waals surface area (Å²) in [7, 11) is 1.63. The average Bonchev–Trinajstić information content (AvgIpc) is 2.41. The molecule has 2 nitrogen and oxygen atoms in total. The van der Waals surface area contributed by atoms with Crippen LogP contribution < -0.4 is 10.1 Å². The van der Waals surface area contributed by atoms with Crippen molar-refractivity contribution in [1.82, 2.24) is 0 Å². The van der Waals surface area contributed by atoms with Gasteiger partial charge in [0.15, 0.2) is 0 Å². The number of methoxy groups -OCH3 is 1. The van der Waals surface area contributed by atoms with Gasteiger partial charge in [-0.05, 0) is 36.8 Å². The molecule has 1 atom stereocenters. The second-order valence-corrected chi connectivity index (χ2v) is 4.12. The minimum absolute atomic E-state index is 0.0350. The molecule has 1 unspecified atom stereocenters. The smallest absolute Gasteiger partial charge is 0.146 e. The largest absolute Gasteiger partial charge is 0.497 e. The molecule has 94 valence electrons.